The van der Waals surface area contributed by atoms with Gasteiger partial charge in [0.05, 0.1) is 9.72 Å². The van der Waals surface area contributed by atoms with Crippen LogP contribution in [0.25, 0.3) is 10.1 Å². The van der Waals surface area contributed by atoms with E-state index in [-0.39, 0.29) is 5.13 Å². The molecule has 0 fully saturated rings. The normalized spacial score (nSPS) is 10.9. The minimum absolute atomic E-state index is 0.204. The van der Waals surface area contributed by atoms with E-state index in [4.69, 9.17) is 11.6 Å². The fourth-order valence-corrected chi connectivity index (χ4v) is 2.59. The Labute approximate surface area is 86.1 Å². The third-order valence-corrected chi connectivity index (χ3v) is 3.90. The second-order valence-electron chi connectivity index (χ2n) is 2.33. The van der Waals surface area contributed by atoms with E-state index in [1.165, 1.54) is 6.07 Å². The number of fused-ring (bicyclic) bond motifs is 1. The molecule has 1 aromatic heterocycles. The average Bonchev–Trinajstić information content (AvgIpc) is 2.39. The minimum Gasteiger partial charge on any atom is -0.195 e. The molecule has 2 rings (SSSR count). The lowest BCUT2D eigenvalue weighted by Crippen LogP contribution is -1.67. The first-order valence-electron chi connectivity index (χ1n) is 3.21. The second kappa shape index (κ2) is 2.98. The average molecular weight is 266 g/mol. The van der Waals surface area contributed by atoms with E-state index in [2.05, 4.69) is 15.9 Å². The molecule has 4 heteroatoms. The Hall–Kier alpha value is -0.120. The topological polar surface area (TPSA) is 0 Å². The van der Waals surface area contributed by atoms with Crippen LogP contribution in [0.3, 0.4) is 0 Å². The molecule has 0 aliphatic carbocycles. The highest BCUT2D eigenvalue weighted by Gasteiger charge is 2.07. The van der Waals surface area contributed by atoms with Crippen LogP contribution in [0.2, 0.25) is 5.02 Å². The van der Waals surface area contributed by atoms with Gasteiger partial charge in [0.1, 0.15) is 0 Å². The molecule has 0 N–H and O–H groups in total. The summed E-state index contributed by atoms with van der Waals surface area (Å²) in [6.07, 6.45) is 0. The van der Waals surface area contributed by atoms with E-state index >= 15 is 0 Å². The fourth-order valence-electron chi connectivity index (χ4n) is 1.01. The predicted molar refractivity (Wildman–Crippen MR) is 54.5 cm³/mol. The first kappa shape index (κ1) is 8.48. The zero-order chi connectivity index (χ0) is 8.72. The first-order valence-corrected chi connectivity index (χ1v) is 5.20. The van der Waals surface area contributed by atoms with Crippen molar-refractivity contribution in [2.24, 2.45) is 0 Å². The van der Waals surface area contributed by atoms with Crippen molar-refractivity contribution in [2.45, 2.75) is 0 Å². The van der Waals surface area contributed by atoms with Crippen molar-refractivity contribution in [3.8, 4) is 0 Å². The van der Waals surface area contributed by atoms with Gasteiger partial charge in [0.25, 0.3) is 0 Å². The van der Waals surface area contributed by atoms with E-state index in [1.807, 2.05) is 12.1 Å². The second-order valence-corrected chi connectivity index (χ2v) is 4.56. The Morgan fingerprint density at radius 2 is 2.17 bits per heavy atom. The highest BCUT2D eigenvalue weighted by atomic mass is 79.9. The summed E-state index contributed by atoms with van der Waals surface area (Å²) >= 11 is 10.3. The largest absolute Gasteiger partial charge is 0.195 e. The molecule has 0 bridgehead atoms. The Morgan fingerprint density at radius 1 is 1.42 bits per heavy atom. The van der Waals surface area contributed by atoms with Crippen molar-refractivity contribution in [2.75, 3.05) is 0 Å². The van der Waals surface area contributed by atoms with Crippen molar-refractivity contribution in [1.82, 2.24) is 0 Å². The molecule has 2 aromatic rings. The molecule has 0 atom stereocenters. The summed E-state index contributed by atoms with van der Waals surface area (Å²) in [6.45, 7) is 0. The zero-order valence-electron chi connectivity index (χ0n) is 5.77. The quantitative estimate of drug-likeness (QED) is 0.660. The van der Waals surface area contributed by atoms with Gasteiger partial charge in [0, 0.05) is 4.47 Å². The molecule has 12 heavy (non-hydrogen) atoms. The number of hydrogen-bond donors (Lipinski definition) is 0. The van der Waals surface area contributed by atoms with Gasteiger partial charge < -0.3 is 0 Å². The van der Waals surface area contributed by atoms with Gasteiger partial charge in [0.15, 0.2) is 5.13 Å². The summed E-state index contributed by atoms with van der Waals surface area (Å²) < 4.78 is 14.4. The van der Waals surface area contributed by atoms with Crippen molar-refractivity contribution >= 4 is 49.0 Å². The molecule has 0 unspecified atom stereocenters. The van der Waals surface area contributed by atoms with Crippen LogP contribution in [0, 0.1) is 5.13 Å². The zero-order valence-corrected chi connectivity index (χ0v) is 8.93. The smallest absolute Gasteiger partial charge is 0.177 e. The number of benzene rings is 1. The van der Waals surface area contributed by atoms with Gasteiger partial charge in [-0.3, -0.25) is 0 Å². The molecule has 0 radical (unpaired) electrons. The number of rotatable bonds is 0. The first-order chi connectivity index (χ1) is 5.68. The van der Waals surface area contributed by atoms with Gasteiger partial charge in [-0.25, -0.2) is 0 Å². The summed E-state index contributed by atoms with van der Waals surface area (Å²) in [5.74, 6) is 0. The van der Waals surface area contributed by atoms with Crippen LogP contribution in [0.1, 0.15) is 0 Å². The maximum absolute atomic E-state index is 12.8. The van der Waals surface area contributed by atoms with Crippen LogP contribution in [-0.2, 0) is 0 Å². The maximum Gasteiger partial charge on any atom is 0.177 e. The van der Waals surface area contributed by atoms with Crippen molar-refractivity contribution in [3.63, 3.8) is 0 Å². The van der Waals surface area contributed by atoms with Gasteiger partial charge in [-0.1, -0.05) is 17.7 Å². The molecular formula is C8H3BrClFS. The van der Waals surface area contributed by atoms with E-state index in [0.29, 0.717) is 5.02 Å². The highest BCUT2D eigenvalue weighted by molar-refractivity contribution is 9.10. The van der Waals surface area contributed by atoms with Crippen LogP contribution in [0.15, 0.2) is 22.7 Å². The van der Waals surface area contributed by atoms with E-state index in [0.717, 1.165) is 25.9 Å². The summed E-state index contributed by atoms with van der Waals surface area (Å²) in [5.41, 5.74) is 0. The van der Waals surface area contributed by atoms with Crippen molar-refractivity contribution in [1.29, 1.82) is 0 Å². The molecule has 0 saturated carbocycles. The van der Waals surface area contributed by atoms with Crippen molar-refractivity contribution in [3.05, 3.63) is 32.8 Å². The molecule has 1 heterocycles. The minimum atomic E-state index is -0.204. The van der Waals surface area contributed by atoms with Gasteiger partial charge in [-0.15, -0.1) is 11.3 Å². The fraction of sp³-hybridized carbons (Fsp3) is 0. The Kier molecular flexibility index (Phi) is 2.10. The van der Waals surface area contributed by atoms with E-state index in [1.54, 1.807) is 0 Å². The molecule has 0 aliphatic rings. The Morgan fingerprint density at radius 3 is 2.92 bits per heavy atom. The predicted octanol–water partition coefficient (Wildman–Crippen LogP) is 4.46. The standard InChI is InChI=1S/C8H3BrClFS/c9-5-2-1-4-3-6(11)12-8(4)7(5)10/h1-3H. The molecule has 62 valence electrons. The Balaban J connectivity index is 2.89. The summed E-state index contributed by atoms with van der Waals surface area (Å²) in [6, 6.07) is 5.14. The third kappa shape index (κ3) is 1.26. The molecule has 1 aromatic carbocycles. The van der Waals surface area contributed by atoms with Crippen LogP contribution >= 0.6 is 38.9 Å². The van der Waals surface area contributed by atoms with Crippen LogP contribution < -0.4 is 0 Å². The SMILES string of the molecule is Fc1cc2ccc(Br)c(Cl)c2s1. The van der Waals surface area contributed by atoms with Crippen LogP contribution in [0.4, 0.5) is 4.39 Å². The van der Waals surface area contributed by atoms with E-state index in [9.17, 15) is 4.39 Å². The third-order valence-electron chi connectivity index (χ3n) is 1.55. The van der Waals surface area contributed by atoms with Crippen LogP contribution in [-0.4, -0.2) is 0 Å². The Bertz CT molecular complexity index is 438. The summed E-state index contributed by atoms with van der Waals surface area (Å²) in [5, 5.41) is 1.23. The van der Waals surface area contributed by atoms with Gasteiger partial charge in [-0.2, -0.15) is 4.39 Å². The lowest BCUT2D eigenvalue weighted by Gasteiger charge is -1.94. The summed E-state index contributed by atoms with van der Waals surface area (Å²) in [7, 11) is 0. The number of halogens is 3. The van der Waals surface area contributed by atoms with Gasteiger partial charge >= 0.3 is 0 Å². The lowest BCUT2D eigenvalue weighted by atomic mass is 10.3. The molecule has 0 spiro atoms. The van der Waals surface area contributed by atoms with Crippen molar-refractivity contribution < 1.29 is 4.39 Å². The molecule has 0 saturated heterocycles. The molecular weight excluding hydrogens is 263 g/mol. The summed E-state index contributed by atoms with van der Waals surface area (Å²) in [4.78, 5) is 0. The van der Waals surface area contributed by atoms with E-state index < -0.39 is 0 Å². The van der Waals surface area contributed by atoms with Gasteiger partial charge in [0.2, 0.25) is 0 Å². The molecule has 0 nitrogen and oxygen atoms in total. The molecule has 0 amide bonds. The number of thiophene rings is 1. The van der Waals surface area contributed by atoms with Gasteiger partial charge in [-0.05, 0) is 33.4 Å². The number of hydrogen-bond acceptors (Lipinski definition) is 1. The molecule has 0 aliphatic heterocycles. The monoisotopic (exact) mass is 264 g/mol. The highest BCUT2D eigenvalue weighted by Crippen LogP contribution is 2.35. The van der Waals surface area contributed by atoms with Crippen LogP contribution in [0.5, 0.6) is 0 Å². The maximum atomic E-state index is 12.8. The lowest BCUT2D eigenvalue weighted by molar-refractivity contribution is 0.658.